The highest BCUT2D eigenvalue weighted by Crippen LogP contribution is 2.22. The molecule has 0 bridgehead atoms. The number of hydrogen-bond acceptors (Lipinski definition) is 5. The highest BCUT2D eigenvalue weighted by atomic mass is 19.1. The largest absolute Gasteiger partial charge is 0.461 e. The van der Waals surface area contributed by atoms with Crippen molar-refractivity contribution in [1.29, 1.82) is 0 Å². The second kappa shape index (κ2) is 7.25. The Bertz CT molecular complexity index is 1060. The first-order valence-corrected chi connectivity index (χ1v) is 8.20. The minimum atomic E-state index is -0.393. The predicted octanol–water partition coefficient (Wildman–Crippen LogP) is 4.31. The number of furan rings is 1. The van der Waals surface area contributed by atoms with Crippen molar-refractivity contribution < 1.29 is 18.1 Å². The summed E-state index contributed by atoms with van der Waals surface area (Å²) in [6, 6.07) is 16.1. The van der Waals surface area contributed by atoms with Gasteiger partial charge in [-0.3, -0.25) is 4.79 Å². The van der Waals surface area contributed by atoms with E-state index in [4.69, 9.17) is 8.94 Å². The van der Waals surface area contributed by atoms with Gasteiger partial charge in [0.15, 0.2) is 5.76 Å². The Hall–Kier alpha value is -3.74. The first-order valence-electron chi connectivity index (χ1n) is 8.20. The molecule has 2 aromatic carbocycles. The second-order valence-electron chi connectivity index (χ2n) is 5.78. The van der Waals surface area contributed by atoms with E-state index in [1.54, 1.807) is 18.2 Å². The maximum atomic E-state index is 13.0. The van der Waals surface area contributed by atoms with Gasteiger partial charge in [0.05, 0.1) is 12.7 Å². The van der Waals surface area contributed by atoms with Gasteiger partial charge in [-0.05, 0) is 48.0 Å². The molecule has 6 nitrogen and oxygen atoms in total. The molecule has 1 amide bonds. The normalized spacial score (nSPS) is 10.7. The number of nitrogens with one attached hydrogen (secondary N) is 1. The molecule has 1 N–H and O–H groups in total. The van der Waals surface area contributed by atoms with Crippen LogP contribution in [0.25, 0.3) is 11.6 Å². The van der Waals surface area contributed by atoms with Gasteiger partial charge in [-0.25, -0.2) is 4.39 Å². The topological polar surface area (TPSA) is 81.2 Å². The van der Waals surface area contributed by atoms with Crippen molar-refractivity contribution >= 4 is 11.6 Å². The van der Waals surface area contributed by atoms with E-state index in [0.717, 1.165) is 5.56 Å². The third-order valence-corrected chi connectivity index (χ3v) is 3.92. The zero-order valence-corrected chi connectivity index (χ0v) is 14.1. The molecular formula is C20H14FN3O3. The van der Waals surface area contributed by atoms with Gasteiger partial charge in [-0.1, -0.05) is 23.4 Å². The SMILES string of the molecule is O=C(Nc1ccccc1Cc1nc(-c2ccco2)no1)c1ccc(F)cc1. The lowest BCUT2D eigenvalue weighted by Crippen LogP contribution is -2.13. The molecule has 7 heteroatoms. The van der Waals surface area contributed by atoms with Crippen LogP contribution < -0.4 is 5.32 Å². The Morgan fingerprint density at radius 1 is 1.04 bits per heavy atom. The lowest BCUT2D eigenvalue weighted by molar-refractivity contribution is 0.102. The van der Waals surface area contributed by atoms with Crippen LogP contribution in [-0.2, 0) is 6.42 Å². The summed E-state index contributed by atoms with van der Waals surface area (Å²) in [6.45, 7) is 0. The summed E-state index contributed by atoms with van der Waals surface area (Å²) in [7, 11) is 0. The highest BCUT2D eigenvalue weighted by Gasteiger charge is 2.14. The van der Waals surface area contributed by atoms with E-state index < -0.39 is 5.82 Å². The van der Waals surface area contributed by atoms with Gasteiger partial charge < -0.3 is 14.3 Å². The van der Waals surface area contributed by atoms with Crippen LogP contribution in [0.1, 0.15) is 21.8 Å². The minimum absolute atomic E-state index is 0.329. The molecule has 134 valence electrons. The molecule has 0 aliphatic rings. The molecule has 0 unspecified atom stereocenters. The van der Waals surface area contributed by atoms with Crippen LogP contribution in [0.2, 0.25) is 0 Å². The van der Waals surface area contributed by atoms with Crippen LogP contribution in [0.4, 0.5) is 10.1 Å². The van der Waals surface area contributed by atoms with E-state index >= 15 is 0 Å². The van der Waals surface area contributed by atoms with Crippen LogP contribution >= 0.6 is 0 Å². The number of para-hydroxylation sites is 1. The fourth-order valence-electron chi connectivity index (χ4n) is 2.59. The Balaban J connectivity index is 1.53. The van der Waals surface area contributed by atoms with Crippen molar-refractivity contribution in [2.45, 2.75) is 6.42 Å². The van der Waals surface area contributed by atoms with Crippen LogP contribution in [0, 0.1) is 5.82 Å². The third kappa shape index (κ3) is 3.77. The number of anilines is 1. The first kappa shape index (κ1) is 16.7. The molecule has 4 rings (SSSR count). The molecule has 0 fully saturated rings. The summed E-state index contributed by atoms with van der Waals surface area (Å²) in [5.74, 6) is 0.551. The summed E-state index contributed by atoms with van der Waals surface area (Å²) >= 11 is 0. The molecule has 0 aliphatic heterocycles. The molecular weight excluding hydrogens is 349 g/mol. The van der Waals surface area contributed by atoms with Crippen molar-refractivity contribution in [3.8, 4) is 11.6 Å². The summed E-state index contributed by atoms with van der Waals surface area (Å²) in [4.78, 5) is 16.7. The number of carbonyl (C=O) groups excluding carboxylic acids is 1. The molecule has 2 aromatic heterocycles. The number of carbonyl (C=O) groups is 1. The monoisotopic (exact) mass is 363 g/mol. The van der Waals surface area contributed by atoms with Crippen molar-refractivity contribution in [3.05, 3.63) is 89.8 Å². The molecule has 4 aromatic rings. The lowest BCUT2D eigenvalue weighted by Gasteiger charge is -2.09. The lowest BCUT2D eigenvalue weighted by atomic mass is 10.1. The molecule has 2 heterocycles. The zero-order chi connectivity index (χ0) is 18.6. The average Bonchev–Trinajstić information content (AvgIpc) is 3.35. The quantitative estimate of drug-likeness (QED) is 0.571. The Kier molecular flexibility index (Phi) is 4.49. The van der Waals surface area contributed by atoms with E-state index in [-0.39, 0.29) is 5.91 Å². The number of rotatable bonds is 5. The molecule has 27 heavy (non-hydrogen) atoms. The van der Waals surface area contributed by atoms with Crippen molar-refractivity contribution in [2.75, 3.05) is 5.32 Å². The number of amides is 1. The van der Waals surface area contributed by atoms with Gasteiger partial charge in [-0.15, -0.1) is 0 Å². The fraction of sp³-hybridized carbons (Fsp3) is 0.0500. The van der Waals surface area contributed by atoms with Gasteiger partial charge in [0.1, 0.15) is 5.82 Å². The van der Waals surface area contributed by atoms with Crippen molar-refractivity contribution in [2.24, 2.45) is 0 Å². The van der Waals surface area contributed by atoms with Crippen LogP contribution in [0.15, 0.2) is 75.9 Å². The summed E-state index contributed by atoms with van der Waals surface area (Å²) in [6.07, 6.45) is 1.87. The van der Waals surface area contributed by atoms with E-state index in [1.165, 1.54) is 30.5 Å². The van der Waals surface area contributed by atoms with E-state index in [1.807, 2.05) is 18.2 Å². The molecule has 0 saturated heterocycles. The number of aromatic nitrogens is 2. The predicted molar refractivity (Wildman–Crippen MR) is 95.6 cm³/mol. The molecule has 0 aliphatic carbocycles. The summed E-state index contributed by atoms with van der Waals surface area (Å²) in [5.41, 5.74) is 1.79. The van der Waals surface area contributed by atoms with E-state index in [2.05, 4.69) is 15.5 Å². The highest BCUT2D eigenvalue weighted by molar-refractivity contribution is 6.04. The van der Waals surface area contributed by atoms with E-state index in [0.29, 0.717) is 35.1 Å². The molecule has 0 saturated carbocycles. The third-order valence-electron chi connectivity index (χ3n) is 3.92. The van der Waals surface area contributed by atoms with Gasteiger partial charge >= 0.3 is 0 Å². The number of halogens is 1. The number of benzene rings is 2. The van der Waals surface area contributed by atoms with Gasteiger partial charge in [-0.2, -0.15) is 4.98 Å². The number of hydrogen-bond donors (Lipinski definition) is 1. The maximum absolute atomic E-state index is 13.0. The first-order chi connectivity index (χ1) is 13.2. The Morgan fingerprint density at radius 2 is 1.85 bits per heavy atom. The summed E-state index contributed by atoms with van der Waals surface area (Å²) in [5, 5.41) is 6.73. The van der Waals surface area contributed by atoms with Gasteiger partial charge in [0, 0.05) is 11.3 Å². The van der Waals surface area contributed by atoms with Crippen LogP contribution in [-0.4, -0.2) is 16.0 Å². The summed E-state index contributed by atoms with van der Waals surface area (Å²) < 4.78 is 23.5. The van der Waals surface area contributed by atoms with Crippen molar-refractivity contribution in [3.63, 3.8) is 0 Å². The zero-order valence-electron chi connectivity index (χ0n) is 14.1. The molecule has 0 spiro atoms. The molecule has 0 radical (unpaired) electrons. The van der Waals surface area contributed by atoms with Crippen molar-refractivity contribution in [1.82, 2.24) is 10.1 Å². The second-order valence-corrected chi connectivity index (χ2v) is 5.78. The standard InChI is InChI=1S/C20H14FN3O3/c21-15-9-7-13(8-10-15)20(25)22-16-5-2-1-4-14(16)12-18-23-19(24-27-18)17-6-3-11-26-17/h1-11H,12H2,(H,22,25). The Morgan fingerprint density at radius 3 is 2.63 bits per heavy atom. The van der Waals surface area contributed by atoms with Crippen LogP contribution in [0.5, 0.6) is 0 Å². The average molecular weight is 363 g/mol. The van der Waals surface area contributed by atoms with Crippen LogP contribution in [0.3, 0.4) is 0 Å². The smallest absolute Gasteiger partial charge is 0.255 e. The Labute approximate surface area is 153 Å². The fourth-order valence-corrected chi connectivity index (χ4v) is 2.59. The molecule has 0 atom stereocenters. The van der Waals surface area contributed by atoms with Gasteiger partial charge in [0.25, 0.3) is 5.91 Å². The maximum Gasteiger partial charge on any atom is 0.255 e. The van der Waals surface area contributed by atoms with Gasteiger partial charge in [0.2, 0.25) is 11.7 Å². The number of nitrogens with zero attached hydrogens (tertiary/aromatic N) is 2. The van der Waals surface area contributed by atoms with E-state index in [9.17, 15) is 9.18 Å². The minimum Gasteiger partial charge on any atom is -0.461 e.